The molecule has 0 spiro atoms. The van der Waals surface area contributed by atoms with E-state index in [0.717, 1.165) is 22.8 Å². The monoisotopic (exact) mass is 171 g/mol. The van der Waals surface area contributed by atoms with E-state index in [2.05, 4.69) is 25.4 Å². The topological polar surface area (TPSA) is 62.9 Å². The Labute approximate surface area is 73.9 Å². The first-order valence-electron chi connectivity index (χ1n) is 3.93. The van der Waals surface area contributed by atoms with Crippen LogP contribution in [-0.4, -0.2) is 15.7 Å². The van der Waals surface area contributed by atoms with E-state index < -0.39 is 0 Å². The maximum atomic E-state index is 4.21. The maximum Gasteiger partial charge on any atom is 0.113 e. The van der Waals surface area contributed by atoms with Crippen LogP contribution in [0, 0.1) is 0 Å². The van der Waals surface area contributed by atoms with Gasteiger partial charge in [-0.2, -0.15) is 0 Å². The molecule has 2 aliphatic rings. The summed E-state index contributed by atoms with van der Waals surface area (Å²) in [7, 11) is 0. The molecule has 0 amide bonds. The Morgan fingerprint density at radius 2 is 2.08 bits per heavy atom. The highest BCUT2D eigenvalue weighted by Crippen LogP contribution is 2.22. The maximum absolute atomic E-state index is 4.21. The highest BCUT2D eigenvalue weighted by Gasteiger charge is 2.21. The number of rotatable bonds is 0. The van der Waals surface area contributed by atoms with Crippen molar-refractivity contribution in [3.05, 3.63) is 29.5 Å². The largest absolute Gasteiger partial charge is 0.257 e. The van der Waals surface area contributed by atoms with Gasteiger partial charge in [0, 0.05) is 18.8 Å². The third kappa shape index (κ3) is 0.900. The van der Waals surface area contributed by atoms with E-state index in [4.69, 9.17) is 0 Å². The van der Waals surface area contributed by atoms with E-state index in [1.54, 1.807) is 12.4 Å². The van der Waals surface area contributed by atoms with Crippen molar-refractivity contribution < 1.29 is 0 Å². The summed E-state index contributed by atoms with van der Waals surface area (Å²) in [5.41, 5.74) is 3.51. The first kappa shape index (κ1) is 6.59. The van der Waals surface area contributed by atoms with Crippen molar-refractivity contribution in [3.8, 4) is 0 Å². The van der Waals surface area contributed by atoms with Crippen molar-refractivity contribution in [2.24, 2.45) is 15.4 Å². The Morgan fingerprint density at radius 1 is 1.15 bits per heavy atom. The highest BCUT2D eigenvalue weighted by molar-refractivity contribution is 6.07. The Morgan fingerprint density at radius 3 is 3.08 bits per heavy atom. The summed E-state index contributed by atoms with van der Waals surface area (Å²) in [5, 5.41) is 11.4. The second-order valence-corrected chi connectivity index (χ2v) is 2.83. The van der Waals surface area contributed by atoms with Crippen LogP contribution in [0.2, 0.25) is 0 Å². The minimum atomic E-state index is 0.683. The quantitative estimate of drug-likeness (QED) is 0.588. The molecule has 62 valence electrons. The molecule has 5 heteroatoms. The van der Waals surface area contributed by atoms with E-state index >= 15 is 0 Å². The summed E-state index contributed by atoms with van der Waals surface area (Å²) >= 11 is 0. The summed E-state index contributed by atoms with van der Waals surface area (Å²) < 4.78 is 0. The lowest BCUT2D eigenvalue weighted by Gasteiger charge is -2.08. The molecule has 0 saturated heterocycles. The molecular formula is C8H5N5. The van der Waals surface area contributed by atoms with Crippen molar-refractivity contribution in [3.63, 3.8) is 0 Å². The van der Waals surface area contributed by atoms with Gasteiger partial charge in [-0.05, 0) is 11.3 Å². The van der Waals surface area contributed by atoms with Gasteiger partial charge in [0.25, 0.3) is 0 Å². The predicted molar refractivity (Wildman–Crippen MR) is 46.0 cm³/mol. The van der Waals surface area contributed by atoms with Gasteiger partial charge in [0.1, 0.15) is 5.70 Å². The lowest BCUT2D eigenvalue weighted by atomic mass is 10.0. The molecule has 0 saturated carbocycles. The normalized spacial score (nSPS) is 17.5. The van der Waals surface area contributed by atoms with Crippen LogP contribution in [-0.2, 0) is 6.42 Å². The van der Waals surface area contributed by atoms with Crippen molar-refractivity contribution in [2.75, 3.05) is 0 Å². The Hall–Kier alpha value is -1.91. The lowest BCUT2D eigenvalue weighted by Crippen LogP contribution is -2.11. The van der Waals surface area contributed by atoms with Crippen molar-refractivity contribution in [1.82, 2.24) is 9.97 Å². The Balaban J connectivity index is 2.21. The molecule has 0 aromatic carbocycles. The molecule has 0 fully saturated rings. The molecule has 3 rings (SSSR count). The second-order valence-electron chi connectivity index (χ2n) is 2.83. The van der Waals surface area contributed by atoms with Gasteiger partial charge in [-0.3, -0.25) is 9.97 Å². The van der Waals surface area contributed by atoms with Crippen LogP contribution in [0.3, 0.4) is 0 Å². The zero-order valence-corrected chi connectivity index (χ0v) is 6.68. The zero-order valence-electron chi connectivity index (χ0n) is 6.68. The summed E-state index contributed by atoms with van der Waals surface area (Å²) in [6, 6.07) is 0. The van der Waals surface area contributed by atoms with Crippen molar-refractivity contribution in [2.45, 2.75) is 6.42 Å². The summed E-state index contributed by atoms with van der Waals surface area (Å²) in [6.45, 7) is 0. The van der Waals surface area contributed by atoms with Crippen LogP contribution in [0.15, 0.2) is 33.5 Å². The minimum absolute atomic E-state index is 0.683. The molecule has 1 aromatic rings. The number of fused-ring (bicyclic) bond motifs is 2. The van der Waals surface area contributed by atoms with E-state index in [9.17, 15) is 0 Å². The van der Waals surface area contributed by atoms with E-state index in [1.807, 2.05) is 6.08 Å². The number of aromatic nitrogens is 2. The van der Waals surface area contributed by atoms with Crippen LogP contribution in [0.25, 0.3) is 6.08 Å². The molecule has 1 aliphatic carbocycles. The van der Waals surface area contributed by atoms with Gasteiger partial charge >= 0.3 is 0 Å². The predicted octanol–water partition coefficient (Wildman–Crippen LogP) is 1.20. The van der Waals surface area contributed by atoms with Gasteiger partial charge < -0.3 is 0 Å². The summed E-state index contributed by atoms with van der Waals surface area (Å²) in [5.74, 6) is 0. The smallest absolute Gasteiger partial charge is 0.113 e. The van der Waals surface area contributed by atoms with Gasteiger partial charge in [0.2, 0.25) is 0 Å². The molecule has 5 nitrogen and oxygen atoms in total. The van der Waals surface area contributed by atoms with Gasteiger partial charge in [-0.15, -0.1) is 10.2 Å². The SMILES string of the molecule is C1=C2N=NN=C2Cc2nccnc21. The first-order valence-corrected chi connectivity index (χ1v) is 3.93. The molecule has 1 aromatic heterocycles. The molecule has 0 bridgehead atoms. The lowest BCUT2D eigenvalue weighted by molar-refractivity contribution is 1.05. The molecule has 0 unspecified atom stereocenters. The van der Waals surface area contributed by atoms with Crippen molar-refractivity contribution in [1.29, 1.82) is 0 Å². The van der Waals surface area contributed by atoms with Crippen molar-refractivity contribution >= 4 is 11.8 Å². The molecule has 1 aliphatic heterocycles. The number of nitrogens with zero attached hydrogens (tertiary/aromatic N) is 5. The van der Waals surface area contributed by atoms with Crippen LogP contribution in [0.4, 0.5) is 0 Å². The minimum Gasteiger partial charge on any atom is -0.257 e. The molecule has 13 heavy (non-hydrogen) atoms. The number of hydrogen-bond donors (Lipinski definition) is 0. The molecule has 0 N–H and O–H groups in total. The standard InChI is InChI=1S/C8H5N5/c1-2-10-6-4-8-7(11-13-12-8)3-5(6)9-1/h1-3H,4H2. The van der Waals surface area contributed by atoms with Crippen LogP contribution in [0.5, 0.6) is 0 Å². The molecule has 0 atom stereocenters. The fourth-order valence-electron chi connectivity index (χ4n) is 1.39. The van der Waals surface area contributed by atoms with E-state index in [0.29, 0.717) is 6.42 Å². The van der Waals surface area contributed by atoms with Gasteiger partial charge in [-0.25, -0.2) is 0 Å². The van der Waals surface area contributed by atoms with Gasteiger partial charge in [0.05, 0.1) is 17.1 Å². The summed E-state index contributed by atoms with van der Waals surface area (Å²) in [4.78, 5) is 8.39. The van der Waals surface area contributed by atoms with Gasteiger partial charge in [-0.1, -0.05) is 0 Å². The third-order valence-electron chi connectivity index (χ3n) is 2.03. The van der Waals surface area contributed by atoms with E-state index in [1.165, 1.54) is 0 Å². The fourth-order valence-corrected chi connectivity index (χ4v) is 1.39. The second kappa shape index (κ2) is 2.29. The van der Waals surface area contributed by atoms with Crippen LogP contribution < -0.4 is 0 Å². The third-order valence-corrected chi connectivity index (χ3v) is 2.03. The fraction of sp³-hybridized carbons (Fsp3) is 0.125. The van der Waals surface area contributed by atoms with Crippen LogP contribution in [0.1, 0.15) is 11.4 Å². The summed E-state index contributed by atoms with van der Waals surface area (Å²) in [6.07, 6.45) is 5.90. The number of allylic oxidation sites excluding steroid dienone is 1. The number of hydrogen-bond acceptors (Lipinski definition) is 5. The molecule has 2 heterocycles. The first-order chi connectivity index (χ1) is 6.43. The zero-order chi connectivity index (χ0) is 8.67. The average Bonchev–Trinajstić information content (AvgIpc) is 2.61. The van der Waals surface area contributed by atoms with Gasteiger partial charge in [0.15, 0.2) is 0 Å². The average molecular weight is 171 g/mol. The van der Waals surface area contributed by atoms with E-state index in [-0.39, 0.29) is 0 Å². The Bertz CT molecular complexity index is 457. The molecular weight excluding hydrogens is 166 g/mol. The Kier molecular flexibility index (Phi) is 1.16. The highest BCUT2D eigenvalue weighted by atomic mass is 15.4. The molecule has 0 radical (unpaired) electrons. The van der Waals surface area contributed by atoms with Crippen LogP contribution >= 0.6 is 0 Å².